The third-order valence-corrected chi connectivity index (χ3v) is 9.75. The lowest BCUT2D eigenvalue weighted by Crippen LogP contribution is -2.50. The van der Waals surface area contributed by atoms with Crippen molar-refractivity contribution in [2.45, 2.75) is 23.6 Å². The van der Waals surface area contributed by atoms with Gasteiger partial charge in [-0.2, -0.15) is 12.9 Å². The van der Waals surface area contributed by atoms with Crippen molar-refractivity contribution in [3.63, 3.8) is 0 Å². The summed E-state index contributed by atoms with van der Waals surface area (Å²) < 4.78 is 77.3. The van der Waals surface area contributed by atoms with Crippen LogP contribution >= 0.6 is 0 Å². The standard InChI is InChI=1S/C15H25N3O6S3/c1-4-16(5-2)26(21,22)14-6-8-15(9-7-14)27(23,24)18-12-10-17(11-13-18)25(3,19)20/h6-9H,4-5,10-13H2,1-3H3. The van der Waals surface area contributed by atoms with Crippen LogP contribution < -0.4 is 0 Å². The van der Waals surface area contributed by atoms with E-state index < -0.39 is 30.1 Å². The maximum atomic E-state index is 12.7. The fraction of sp³-hybridized carbons (Fsp3) is 0.600. The van der Waals surface area contributed by atoms with E-state index >= 15 is 0 Å². The molecule has 1 aliphatic rings. The van der Waals surface area contributed by atoms with Gasteiger partial charge >= 0.3 is 0 Å². The molecule has 0 amide bonds. The van der Waals surface area contributed by atoms with E-state index in [1.165, 1.54) is 37.2 Å². The molecule has 27 heavy (non-hydrogen) atoms. The second-order valence-corrected chi connectivity index (χ2v) is 12.0. The predicted octanol–water partition coefficient (Wildman–Crippen LogP) is -0.0170. The zero-order chi connectivity index (χ0) is 20.5. The van der Waals surface area contributed by atoms with Gasteiger partial charge in [-0.05, 0) is 24.3 Å². The highest BCUT2D eigenvalue weighted by Crippen LogP contribution is 2.22. The normalized spacial score (nSPS) is 18.1. The Kier molecular flexibility index (Phi) is 6.70. The summed E-state index contributed by atoms with van der Waals surface area (Å²) in [6, 6.07) is 5.11. The van der Waals surface area contributed by atoms with Crippen molar-refractivity contribution >= 4 is 30.1 Å². The molecule has 0 atom stereocenters. The van der Waals surface area contributed by atoms with E-state index in [-0.39, 0.29) is 36.0 Å². The van der Waals surface area contributed by atoms with Crippen molar-refractivity contribution in [1.82, 2.24) is 12.9 Å². The molecule has 1 saturated heterocycles. The molecule has 1 aromatic carbocycles. The summed E-state index contributed by atoms with van der Waals surface area (Å²) in [4.78, 5) is 0.0147. The van der Waals surface area contributed by atoms with Crippen LogP contribution in [0, 0.1) is 0 Å². The Morgan fingerprint density at radius 1 is 0.778 bits per heavy atom. The molecule has 1 fully saturated rings. The number of hydrogen-bond donors (Lipinski definition) is 0. The molecule has 0 spiro atoms. The van der Waals surface area contributed by atoms with Gasteiger partial charge in [-0.3, -0.25) is 0 Å². The molecule has 0 N–H and O–H groups in total. The highest BCUT2D eigenvalue weighted by atomic mass is 32.2. The van der Waals surface area contributed by atoms with Crippen molar-refractivity contribution in [3.05, 3.63) is 24.3 Å². The maximum Gasteiger partial charge on any atom is 0.243 e. The van der Waals surface area contributed by atoms with Crippen molar-refractivity contribution in [1.29, 1.82) is 0 Å². The van der Waals surface area contributed by atoms with Gasteiger partial charge in [-0.25, -0.2) is 25.3 Å². The largest absolute Gasteiger partial charge is 0.243 e. The van der Waals surface area contributed by atoms with Crippen LogP contribution in [0.5, 0.6) is 0 Å². The molecular weight excluding hydrogens is 414 g/mol. The van der Waals surface area contributed by atoms with Crippen LogP contribution in [0.3, 0.4) is 0 Å². The number of piperazine rings is 1. The highest BCUT2D eigenvalue weighted by molar-refractivity contribution is 7.89. The Morgan fingerprint density at radius 3 is 1.59 bits per heavy atom. The fourth-order valence-corrected chi connectivity index (χ4v) is 6.59. The molecule has 0 aromatic heterocycles. The van der Waals surface area contributed by atoms with Gasteiger partial charge in [-0.15, -0.1) is 0 Å². The zero-order valence-electron chi connectivity index (χ0n) is 15.6. The van der Waals surface area contributed by atoms with Crippen LogP contribution in [-0.4, -0.2) is 83.7 Å². The first kappa shape index (κ1) is 22.2. The van der Waals surface area contributed by atoms with Gasteiger partial charge in [0.15, 0.2) is 0 Å². The minimum absolute atomic E-state index is 0.0196. The average molecular weight is 440 g/mol. The Bertz CT molecular complexity index is 960. The number of nitrogens with zero attached hydrogens (tertiary/aromatic N) is 3. The van der Waals surface area contributed by atoms with E-state index in [1.807, 2.05) is 0 Å². The van der Waals surface area contributed by atoms with Crippen LogP contribution in [0.25, 0.3) is 0 Å². The Hall–Kier alpha value is -1.05. The van der Waals surface area contributed by atoms with Crippen molar-refractivity contribution in [2.24, 2.45) is 0 Å². The summed E-state index contributed by atoms with van der Waals surface area (Å²) in [5, 5.41) is 0. The Balaban J connectivity index is 2.22. The maximum absolute atomic E-state index is 12.7. The van der Waals surface area contributed by atoms with Gasteiger partial charge < -0.3 is 0 Å². The molecule has 2 rings (SSSR count). The SMILES string of the molecule is CCN(CC)S(=O)(=O)c1ccc(S(=O)(=O)N2CCN(S(C)(=O)=O)CC2)cc1. The van der Waals surface area contributed by atoms with Crippen LogP contribution in [0.1, 0.15) is 13.8 Å². The van der Waals surface area contributed by atoms with Crippen molar-refractivity contribution < 1.29 is 25.3 Å². The zero-order valence-corrected chi connectivity index (χ0v) is 18.0. The average Bonchev–Trinajstić information content (AvgIpc) is 2.62. The number of benzene rings is 1. The van der Waals surface area contributed by atoms with Crippen LogP contribution in [0.2, 0.25) is 0 Å². The molecule has 0 unspecified atom stereocenters. The van der Waals surface area contributed by atoms with Crippen molar-refractivity contribution in [3.8, 4) is 0 Å². The molecule has 9 nitrogen and oxygen atoms in total. The summed E-state index contributed by atoms with van der Waals surface area (Å²) in [6.45, 7) is 4.39. The highest BCUT2D eigenvalue weighted by Gasteiger charge is 2.31. The molecule has 1 heterocycles. The molecule has 154 valence electrons. The molecule has 12 heteroatoms. The quantitative estimate of drug-likeness (QED) is 0.590. The summed E-state index contributed by atoms with van der Waals surface area (Å²) in [7, 11) is -10.8. The summed E-state index contributed by atoms with van der Waals surface area (Å²) in [5.41, 5.74) is 0. The van der Waals surface area contributed by atoms with Crippen molar-refractivity contribution in [2.75, 3.05) is 45.5 Å². The van der Waals surface area contributed by atoms with Crippen LogP contribution in [-0.2, 0) is 30.1 Å². The first-order valence-corrected chi connectivity index (χ1v) is 13.2. The lowest BCUT2D eigenvalue weighted by Gasteiger charge is -2.32. The molecule has 0 aliphatic carbocycles. The van der Waals surface area contributed by atoms with E-state index in [0.717, 1.165) is 6.26 Å². The van der Waals surface area contributed by atoms with E-state index in [2.05, 4.69) is 0 Å². The minimum Gasteiger partial charge on any atom is -0.213 e. The monoisotopic (exact) mass is 439 g/mol. The second-order valence-electron chi connectivity index (χ2n) is 6.13. The summed E-state index contributed by atoms with van der Waals surface area (Å²) >= 11 is 0. The van der Waals surface area contributed by atoms with Gasteiger partial charge in [0.25, 0.3) is 0 Å². The van der Waals surface area contributed by atoms with Gasteiger partial charge in [0.1, 0.15) is 0 Å². The third kappa shape index (κ3) is 4.69. The van der Waals surface area contributed by atoms with E-state index in [4.69, 9.17) is 0 Å². The van der Waals surface area contributed by atoms with Gasteiger partial charge in [0.2, 0.25) is 30.1 Å². The predicted molar refractivity (Wildman–Crippen MR) is 102 cm³/mol. The molecule has 1 aromatic rings. The lowest BCUT2D eigenvalue weighted by atomic mass is 10.4. The Morgan fingerprint density at radius 2 is 1.19 bits per heavy atom. The van der Waals surface area contributed by atoms with E-state index in [9.17, 15) is 25.3 Å². The smallest absolute Gasteiger partial charge is 0.213 e. The topological polar surface area (TPSA) is 112 Å². The minimum atomic E-state index is -3.82. The van der Waals surface area contributed by atoms with Gasteiger partial charge in [0, 0.05) is 39.3 Å². The summed E-state index contributed by atoms with van der Waals surface area (Å²) in [6.07, 6.45) is 1.09. The third-order valence-electron chi connectivity index (χ3n) is 4.47. The first-order valence-electron chi connectivity index (χ1n) is 8.50. The Labute approximate surface area is 161 Å². The fourth-order valence-electron chi connectivity index (χ4n) is 2.89. The molecule has 0 bridgehead atoms. The molecule has 1 aliphatic heterocycles. The van der Waals surface area contributed by atoms with E-state index in [1.54, 1.807) is 13.8 Å². The molecule has 0 radical (unpaired) electrons. The lowest BCUT2D eigenvalue weighted by molar-refractivity contribution is 0.274. The number of hydrogen-bond acceptors (Lipinski definition) is 6. The van der Waals surface area contributed by atoms with Gasteiger partial charge in [-0.1, -0.05) is 13.8 Å². The van der Waals surface area contributed by atoms with Crippen LogP contribution in [0.4, 0.5) is 0 Å². The second kappa shape index (κ2) is 8.13. The molecular formula is C15H25N3O6S3. The molecule has 0 saturated carbocycles. The van der Waals surface area contributed by atoms with E-state index in [0.29, 0.717) is 13.1 Å². The first-order chi connectivity index (χ1) is 12.4. The number of sulfonamides is 3. The van der Waals surface area contributed by atoms with Crippen LogP contribution in [0.15, 0.2) is 34.1 Å². The van der Waals surface area contributed by atoms with Gasteiger partial charge in [0.05, 0.1) is 16.0 Å². The number of rotatable bonds is 7. The summed E-state index contributed by atoms with van der Waals surface area (Å²) in [5.74, 6) is 0.